The van der Waals surface area contributed by atoms with Gasteiger partial charge in [0.15, 0.2) is 11.5 Å². The number of amides is 1. The number of aromatic nitrogens is 1. The Morgan fingerprint density at radius 2 is 1.76 bits per heavy atom. The van der Waals surface area contributed by atoms with Crippen molar-refractivity contribution in [2.75, 3.05) is 33.9 Å². The zero-order chi connectivity index (χ0) is 26.7. The van der Waals surface area contributed by atoms with Crippen LogP contribution in [0.2, 0.25) is 0 Å². The Hall–Kier alpha value is -3.37. The lowest BCUT2D eigenvalue weighted by Gasteiger charge is -2.34. The highest BCUT2D eigenvalue weighted by Crippen LogP contribution is 2.28. The maximum Gasteiger partial charge on any atom is 0.256 e. The number of methoxy groups -OCH3 is 2. The van der Waals surface area contributed by atoms with Crippen molar-refractivity contribution in [2.24, 2.45) is 11.8 Å². The Bertz CT molecular complexity index is 1460. The number of benzene rings is 2. The summed E-state index contributed by atoms with van der Waals surface area (Å²) in [7, 11) is -0.648. The second-order valence-electron chi connectivity index (χ2n) is 9.70. The monoisotopic (exact) mass is 527 g/mol. The van der Waals surface area contributed by atoms with Crippen molar-refractivity contribution in [3.05, 3.63) is 63.9 Å². The highest BCUT2D eigenvalue weighted by molar-refractivity contribution is 7.89. The fourth-order valence-electron chi connectivity index (χ4n) is 4.93. The molecule has 10 heteroatoms. The van der Waals surface area contributed by atoms with Crippen molar-refractivity contribution in [2.45, 2.75) is 31.6 Å². The Balaban J connectivity index is 1.53. The number of piperidine rings is 1. The first kappa shape index (κ1) is 26.7. The predicted molar refractivity (Wildman–Crippen MR) is 142 cm³/mol. The summed E-state index contributed by atoms with van der Waals surface area (Å²) in [5.41, 5.74) is 0.803. The largest absolute Gasteiger partial charge is 0.493 e. The molecule has 198 valence electrons. The summed E-state index contributed by atoms with van der Waals surface area (Å²) in [5, 5.41) is 2.93. The third-order valence-electron chi connectivity index (χ3n) is 6.72. The van der Waals surface area contributed by atoms with E-state index in [1.807, 2.05) is 26.0 Å². The summed E-state index contributed by atoms with van der Waals surface area (Å²) in [4.78, 5) is 29.0. The van der Waals surface area contributed by atoms with Crippen LogP contribution in [0.3, 0.4) is 0 Å². The van der Waals surface area contributed by atoms with Gasteiger partial charge >= 0.3 is 0 Å². The number of carbonyl (C=O) groups excluding carboxylic acids is 1. The molecule has 2 aromatic carbocycles. The Morgan fingerprint density at radius 3 is 2.43 bits per heavy atom. The van der Waals surface area contributed by atoms with Crippen molar-refractivity contribution in [1.29, 1.82) is 0 Å². The number of nitrogens with zero attached hydrogens (tertiary/aromatic N) is 1. The summed E-state index contributed by atoms with van der Waals surface area (Å²) < 4.78 is 38.7. The average molecular weight is 528 g/mol. The maximum absolute atomic E-state index is 13.3. The minimum absolute atomic E-state index is 0.0535. The minimum atomic E-state index is -3.76. The van der Waals surface area contributed by atoms with Gasteiger partial charge < -0.3 is 19.8 Å². The molecule has 1 saturated heterocycles. The van der Waals surface area contributed by atoms with Crippen LogP contribution in [0.5, 0.6) is 11.5 Å². The molecule has 2 atom stereocenters. The van der Waals surface area contributed by atoms with E-state index in [9.17, 15) is 18.0 Å². The van der Waals surface area contributed by atoms with Crippen molar-refractivity contribution in [1.82, 2.24) is 14.6 Å². The number of carbonyl (C=O) groups is 1. The number of hydrogen-bond donors (Lipinski definition) is 2. The standard InChI is InChI=1S/C27H33N3O6S/c1-17-11-18(2)16-30(15-17)37(33,34)20-6-7-23-21(13-20)26(31)22(14-29-23)27(32)28-10-9-19-5-8-24(35-3)25(12-19)36-4/h5-8,12-14,17-18H,9-11,15-16H2,1-4H3,(H,28,32)(H,29,31)/t17-,18+. The molecule has 4 rings (SSSR count). The van der Waals surface area contributed by atoms with Gasteiger partial charge in [-0.1, -0.05) is 19.9 Å². The molecular formula is C27H33N3O6S. The SMILES string of the molecule is COc1ccc(CCNC(=O)c2c[nH]c3ccc(S(=O)(=O)N4C[C@H](C)C[C@H](C)C4)cc3c2=O)cc1OC. The lowest BCUT2D eigenvalue weighted by molar-refractivity contribution is 0.0953. The zero-order valence-electron chi connectivity index (χ0n) is 21.5. The lowest BCUT2D eigenvalue weighted by Crippen LogP contribution is -2.42. The van der Waals surface area contributed by atoms with Crippen LogP contribution in [0.15, 0.2) is 52.3 Å². The molecule has 0 aliphatic carbocycles. The van der Waals surface area contributed by atoms with Crippen LogP contribution in [0.1, 0.15) is 36.2 Å². The van der Waals surface area contributed by atoms with Gasteiger partial charge in [0, 0.05) is 36.7 Å². The van der Waals surface area contributed by atoms with Gasteiger partial charge in [-0.25, -0.2) is 8.42 Å². The van der Waals surface area contributed by atoms with Gasteiger partial charge in [0.2, 0.25) is 15.5 Å². The molecule has 1 aromatic heterocycles. The lowest BCUT2D eigenvalue weighted by atomic mass is 9.94. The summed E-state index contributed by atoms with van der Waals surface area (Å²) in [6, 6.07) is 9.94. The van der Waals surface area contributed by atoms with Crippen LogP contribution in [-0.2, 0) is 16.4 Å². The summed E-state index contributed by atoms with van der Waals surface area (Å²) in [6.07, 6.45) is 2.86. The molecule has 0 bridgehead atoms. The van der Waals surface area contributed by atoms with Crippen molar-refractivity contribution < 1.29 is 22.7 Å². The molecule has 0 radical (unpaired) electrons. The quantitative estimate of drug-likeness (QED) is 0.465. The van der Waals surface area contributed by atoms with Gasteiger partial charge in [-0.15, -0.1) is 0 Å². The molecule has 1 amide bonds. The number of nitrogens with one attached hydrogen (secondary N) is 2. The number of hydrogen-bond acceptors (Lipinski definition) is 6. The van der Waals surface area contributed by atoms with E-state index in [0.29, 0.717) is 43.1 Å². The second kappa shape index (κ2) is 10.9. The number of H-pyrrole nitrogens is 1. The van der Waals surface area contributed by atoms with Gasteiger partial charge in [-0.05, 0) is 60.6 Å². The van der Waals surface area contributed by atoms with E-state index in [-0.39, 0.29) is 27.7 Å². The van der Waals surface area contributed by atoms with E-state index in [0.717, 1.165) is 12.0 Å². The maximum atomic E-state index is 13.3. The first-order valence-corrected chi connectivity index (χ1v) is 13.7. The first-order valence-electron chi connectivity index (χ1n) is 12.3. The average Bonchev–Trinajstić information content (AvgIpc) is 2.88. The third-order valence-corrected chi connectivity index (χ3v) is 8.54. The molecule has 2 N–H and O–H groups in total. The van der Waals surface area contributed by atoms with Crippen molar-refractivity contribution in [3.8, 4) is 11.5 Å². The van der Waals surface area contributed by atoms with Gasteiger partial charge in [0.25, 0.3) is 5.91 Å². The second-order valence-corrected chi connectivity index (χ2v) is 11.6. The number of pyridine rings is 1. The van der Waals surface area contributed by atoms with E-state index in [4.69, 9.17) is 9.47 Å². The highest BCUT2D eigenvalue weighted by Gasteiger charge is 2.32. The highest BCUT2D eigenvalue weighted by atomic mass is 32.2. The normalized spacial score (nSPS) is 18.5. The smallest absolute Gasteiger partial charge is 0.256 e. The van der Waals surface area contributed by atoms with Gasteiger partial charge in [0.1, 0.15) is 5.56 Å². The van der Waals surface area contributed by atoms with Crippen molar-refractivity contribution >= 4 is 26.8 Å². The van der Waals surface area contributed by atoms with E-state index < -0.39 is 21.4 Å². The summed E-state index contributed by atoms with van der Waals surface area (Å²) >= 11 is 0. The molecule has 0 unspecified atom stereocenters. The molecule has 1 aliphatic rings. The Labute approximate surface area is 216 Å². The fourth-order valence-corrected chi connectivity index (χ4v) is 6.64. The minimum Gasteiger partial charge on any atom is -0.493 e. The van der Waals surface area contributed by atoms with E-state index in [1.165, 1.54) is 22.6 Å². The number of ether oxygens (including phenoxy) is 2. The van der Waals surface area contributed by atoms with Crippen LogP contribution >= 0.6 is 0 Å². The molecule has 0 saturated carbocycles. The Morgan fingerprint density at radius 1 is 1.05 bits per heavy atom. The van der Waals surface area contributed by atoms with Gasteiger partial charge in [-0.3, -0.25) is 9.59 Å². The summed E-state index contributed by atoms with van der Waals surface area (Å²) in [5.74, 6) is 1.20. The number of sulfonamides is 1. The first-order chi connectivity index (χ1) is 17.6. The van der Waals surface area contributed by atoms with Crippen LogP contribution in [-0.4, -0.2) is 57.5 Å². The van der Waals surface area contributed by atoms with E-state index >= 15 is 0 Å². The molecule has 1 aliphatic heterocycles. The van der Waals surface area contributed by atoms with Crippen LogP contribution in [0.4, 0.5) is 0 Å². The van der Waals surface area contributed by atoms with E-state index in [1.54, 1.807) is 26.4 Å². The van der Waals surface area contributed by atoms with E-state index in [2.05, 4.69) is 10.3 Å². The van der Waals surface area contributed by atoms with Crippen LogP contribution in [0, 0.1) is 11.8 Å². The number of fused-ring (bicyclic) bond motifs is 1. The number of rotatable bonds is 8. The third kappa shape index (κ3) is 5.65. The molecule has 1 fully saturated rings. The van der Waals surface area contributed by atoms with Crippen LogP contribution < -0.4 is 20.2 Å². The molecule has 3 aromatic rings. The Kier molecular flexibility index (Phi) is 7.89. The predicted octanol–water partition coefficient (Wildman–Crippen LogP) is 3.18. The fraction of sp³-hybridized carbons (Fsp3) is 0.407. The summed E-state index contributed by atoms with van der Waals surface area (Å²) in [6.45, 7) is 5.28. The molecular weight excluding hydrogens is 494 g/mol. The molecule has 37 heavy (non-hydrogen) atoms. The van der Waals surface area contributed by atoms with Crippen molar-refractivity contribution in [3.63, 3.8) is 0 Å². The molecule has 0 spiro atoms. The van der Waals surface area contributed by atoms with Crippen LogP contribution in [0.25, 0.3) is 10.9 Å². The van der Waals surface area contributed by atoms with Gasteiger partial charge in [0.05, 0.1) is 19.1 Å². The molecule has 9 nitrogen and oxygen atoms in total. The molecule has 2 heterocycles. The van der Waals surface area contributed by atoms with Gasteiger partial charge in [-0.2, -0.15) is 4.31 Å². The topological polar surface area (TPSA) is 118 Å². The zero-order valence-corrected chi connectivity index (χ0v) is 22.4. The number of aromatic amines is 1.